The number of anilines is 1. The van der Waals surface area contributed by atoms with Crippen molar-refractivity contribution in [2.45, 2.75) is 32.1 Å². The summed E-state index contributed by atoms with van der Waals surface area (Å²) in [6.45, 7) is 2.86. The molecule has 1 N–H and O–H groups in total. The molecule has 0 saturated heterocycles. The molecule has 1 unspecified atom stereocenters. The molecule has 1 atom stereocenters. The van der Waals surface area contributed by atoms with Crippen LogP contribution < -0.4 is 10.1 Å². The molecule has 26 heavy (non-hydrogen) atoms. The van der Waals surface area contributed by atoms with Crippen LogP contribution in [0.5, 0.6) is 5.75 Å². The van der Waals surface area contributed by atoms with Gasteiger partial charge in [-0.05, 0) is 23.4 Å². The highest BCUT2D eigenvalue weighted by Crippen LogP contribution is 2.43. The largest absolute Gasteiger partial charge is 0.493 e. The molecule has 0 aromatic heterocycles. The molecule has 3 aromatic carbocycles. The van der Waals surface area contributed by atoms with E-state index in [-0.39, 0.29) is 11.8 Å². The summed E-state index contributed by atoms with van der Waals surface area (Å²) in [6, 6.07) is 20.6. The summed E-state index contributed by atoms with van der Waals surface area (Å²) in [5, 5.41) is 5.32. The maximum atomic E-state index is 12.5. The SMILES string of the molecule is CCCCOc1ccccc1C1CC(=O)Nc2c1ccc1ccccc21. The van der Waals surface area contributed by atoms with Crippen LogP contribution in [0.2, 0.25) is 0 Å². The van der Waals surface area contributed by atoms with Crippen LogP contribution >= 0.6 is 0 Å². The van der Waals surface area contributed by atoms with E-state index in [0.29, 0.717) is 13.0 Å². The number of fused-ring (bicyclic) bond motifs is 3. The fourth-order valence-corrected chi connectivity index (χ4v) is 3.71. The molecule has 3 heteroatoms. The van der Waals surface area contributed by atoms with E-state index in [1.54, 1.807) is 0 Å². The van der Waals surface area contributed by atoms with Crippen LogP contribution in [0.4, 0.5) is 5.69 Å². The van der Waals surface area contributed by atoms with Crippen molar-refractivity contribution in [2.75, 3.05) is 11.9 Å². The molecule has 132 valence electrons. The maximum Gasteiger partial charge on any atom is 0.225 e. The van der Waals surface area contributed by atoms with E-state index in [0.717, 1.165) is 46.2 Å². The number of ether oxygens (including phenoxy) is 1. The monoisotopic (exact) mass is 345 g/mol. The Bertz CT molecular complexity index is 948. The van der Waals surface area contributed by atoms with Crippen LogP contribution in [0, 0.1) is 0 Å². The molecular weight excluding hydrogens is 322 g/mol. The lowest BCUT2D eigenvalue weighted by Crippen LogP contribution is -2.24. The standard InChI is InChI=1S/C23H23NO2/c1-2-3-14-26-21-11-7-6-10-18(21)20-15-22(25)24-23-17-9-5-4-8-16(17)12-13-19(20)23/h4-13,20H,2-3,14-15H2,1H3,(H,24,25). The minimum Gasteiger partial charge on any atom is -0.493 e. The first-order valence-electron chi connectivity index (χ1n) is 9.31. The Labute approximate surface area is 154 Å². The summed E-state index contributed by atoms with van der Waals surface area (Å²) in [5.74, 6) is 0.961. The number of amides is 1. The predicted octanol–water partition coefficient (Wildman–Crippen LogP) is 5.49. The van der Waals surface area contributed by atoms with E-state index in [2.05, 4.69) is 42.6 Å². The van der Waals surface area contributed by atoms with Gasteiger partial charge in [-0.25, -0.2) is 0 Å². The van der Waals surface area contributed by atoms with Gasteiger partial charge in [0.1, 0.15) is 5.75 Å². The molecule has 0 spiro atoms. The topological polar surface area (TPSA) is 38.3 Å². The molecular formula is C23H23NO2. The molecule has 1 heterocycles. The normalized spacial score (nSPS) is 16.2. The number of hydrogen-bond acceptors (Lipinski definition) is 2. The third-order valence-corrected chi connectivity index (χ3v) is 5.04. The van der Waals surface area contributed by atoms with Crippen LogP contribution in [-0.4, -0.2) is 12.5 Å². The van der Waals surface area contributed by atoms with Gasteiger partial charge < -0.3 is 10.1 Å². The zero-order chi connectivity index (χ0) is 17.9. The molecule has 3 nitrogen and oxygen atoms in total. The van der Waals surface area contributed by atoms with Crippen molar-refractivity contribution in [3.63, 3.8) is 0 Å². The summed E-state index contributed by atoms with van der Waals surface area (Å²) < 4.78 is 6.04. The molecule has 1 aliphatic heterocycles. The van der Waals surface area contributed by atoms with Gasteiger partial charge in [-0.15, -0.1) is 0 Å². The third kappa shape index (κ3) is 3.05. The number of unbranched alkanes of at least 4 members (excludes halogenated alkanes) is 1. The van der Waals surface area contributed by atoms with E-state index in [1.165, 1.54) is 0 Å². The first-order valence-corrected chi connectivity index (χ1v) is 9.31. The van der Waals surface area contributed by atoms with Gasteiger partial charge in [0.25, 0.3) is 0 Å². The van der Waals surface area contributed by atoms with Gasteiger partial charge in [-0.1, -0.05) is 67.9 Å². The number of rotatable bonds is 5. The molecule has 0 bridgehead atoms. The van der Waals surface area contributed by atoms with Crippen LogP contribution in [0.1, 0.15) is 43.2 Å². The highest BCUT2D eigenvalue weighted by Gasteiger charge is 2.29. The lowest BCUT2D eigenvalue weighted by molar-refractivity contribution is -0.116. The number of para-hydroxylation sites is 1. The van der Waals surface area contributed by atoms with E-state index < -0.39 is 0 Å². The molecule has 1 aliphatic rings. The lowest BCUT2D eigenvalue weighted by atomic mass is 9.83. The highest BCUT2D eigenvalue weighted by atomic mass is 16.5. The molecule has 4 rings (SSSR count). The smallest absolute Gasteiger partial charge is 0.225 e. The molecule has 0 fully saturated rings. The average Bonchev–Trinajstić information content (AvgIpc) is 2.68. The van der Waals surface area contributed by atoms with E-state index in [1.807, 2.05) is 30.3 Å². The molecule has 3 aromatic rings. The summed E-state index contributed by atoms with van der Waals surface area (Å²) in [4.78, 5) is 12.5. The van der Waals surface area contributed by atoms with Crippen molar-refractivity contribution < 1.29 is 9.53 Å². The average molecular weight is 345 g/mol. The van der Waals surface area contributed by atoms with E-state index >= 15 is 0 Å². The van der Waals surface area contributed by atoms with Gasteiger partial charge in [0.05, 0.1) is 12.3 Å². The van der Waals surface area contributed by atoms with Crippen LogP contribution in [0.15, 0.2) is 60.7 Å². The summed E-state index contributed by atoms with van der Waals surface area (Å²) in [6.07, 6.45) is 2.57. The number of nitrogens with one attached hydrogen (secondary N) is 1. The first kappa shape index (κ1) is 16.6. The fraction of sp³-hybridized carbons (Fsp3) is 0.261. The minimum atomic E-state index is 0.0150. The zero-order valence-corrected chi connectivity index (χ0v) is 15.0. The van der Waals surface area contributed by atoms with Gasteiger partial charge in [0, 0.05) is 23.3 Å². The number of carbonyl (C=O) groups excluding carboxylic acids is 1. The Morgan fingerprint density at radius 2 is 1.81 bits per heavy atom. The van der Waals surface area contributed by atoms with Crippen LogP contribution in [0.3, 0.4) is 0 Å². The zero-order valence-electron chi connectivity index (χ0n) is 15.0. The summed E-state index contributed by atoms with van der Waals surface area (Å²) in [7, 11) is 0. The van der Waals surface area contributed by atoms with Crippen molar-refractivity contribution in [2.24, 2.45) is 0 Å². The van der Waals surface area contributed by atoms with Crippen LogP contribution in [-0.2, 0) is 4.79 Å². The summed E-state index contributed by atoms with van der Waals surface area (Å²) in [5.41, 5.74) is 3.19. The Hall–Kier alpha value is -2.81. The Kier molecular flexibility index (Phi) is 4.61. The highest BCUT2D eigenvalue weighted by molar-refractivity contribution is 6.06. The second-order valence-electron chi connectivity index (χ2n) is 6.80. The number of hydrogen-bond donors (Lipinski definition) is 1. The molecule has 1 amide bonds. The van der Waals surface area contributed by atoms with Gasteiger partial charge in [-0.3, -0.25) is 4.79 Å². The first-order chi connectivity index (χ1) is 12.8. The quantitative estimate of drug-likeness (QED) is 0.621. The third-order valence-electron chi connectivity index (χ3n) is 5.04. The maximum absolute atomic E-state index is 12.5. The van der Waals surface area contributed by atoms with Crippen molar-refractivity contribution >= 4 is 22.4 Å². The van der Waals surface area contributed by atoms with Gasteiger partial charge >= 0.3 is 0 Å². The van der Waals surface area contributed by atoms with E-state index in [4.69, 9.17) is 4.74 Å². The van der Waals surface area contributed by atoms with Gasteiger partial charge in [0.2, 0.25) is 5.91 Å². The Balaban J connectivity index is 1.80. The fourth-order valence-electron chi connectivity index (χ4n) is 3.71. The summed E-state index contributed by atoms with van der Waals surface area (Å²) >= 11 is 0. The number of carbonyl (C=O) groups is 1. The molecule has 0 radical (unpaired) electrons. The Morgan fingerprint density at radius 3 is 2.69 bits per heavy atom. The Morgan fingerprint density at radius 1 is 1.00 bits per heavy atom. The predicted molar refractivity (Wildman–Crippen MR) is 106 cm³/mol. The van der Waals surface area contributed by atoms with E-state index in [9.17, 15) is 4.79 Å². The van der Waals surface area contributed by atoms with Gasteiger partial charge in [0.15, 0.2) is 0 Å². The van der Waals surface area contributed by atoms with Crippen LogP contribution in [0.25, 0.3) is 10.8 Å². The van der Waals surface area contributed by atoms with Crippen molar-refractivity contribution in [1.82, 2.24) is 0 Å². The van der Waals surface area contributed by atoms with Crippen molar-refractivity contribution in [3.05, 3.63) is 71.8 Å². The molecule has 0 aliphatic carbocycles. The lowest BCUT2D eigenvalue weighted by Gasteiger charge is -2.28. The second kappa shape index (κ2) is 7.20. The van der Waals surface area contributed by atoms with Crippen molar-refractivity contribution in [3.8, 4) is 5.75 Å². The van der Waals surface area contributed by atoms with Crippen molar-refractivity contribution in [1.29, 1.82) is 0 Å². The second-order valence-corrected chi connectivity index (χ2v) is 6.80. The number of benzene rings is 3. The molecule has 0 saturated carbocycles. The van der Waals surface area contributed by atoms with Gasteiger partial charge in [-0.2, -0.15) is 0 Å². The minimum absolute atomic E-state index is 0.0150.